The van der Waals surface area contributed by atoms with Crippen molar-refractivity contribution >= 4 is 16.6 Å². The Bertz CT molecular complexity index is 485. The summed E-state index contributed by atoms with van der Waals surface area (Å²) in [7, 11) is -0.805. The van der Waals surface area contributed by atoms with E-state index in [1.807, 2.05) is 6.92 Å². The summed E-state index contributed by atoms with van der Waals surface area (Å²) in [6.07, 6.45) is 5.78. The Morgan fingerprint density at radius 1 is 1.42 bits per heavy atom. The monoisotopic (exact) mass is 285 g/mol. The molecule has 0 radical (unpaired) electrons. The van der Waals surface area contributed by atoms with Gasteiger partial charge in [-0.15, -0.1) is 0 Å². The Morgan fingerprint density at radius 2 is 2.11 bits per heavy atom. The molecule has 0 aromatic carbocycles. The quantitative estimate of drug-likeness (QED) is 0.824. The minimum atomic E-state index is -0.805. The molecule has 0 aliphatic carbocycles. The number of nitrogens with one attached hydrogen (secondary N) is 1. The lowest BCUT2D eigenvalue weighted by atomic mass is 10.2. The minimum absolute atomic E-state index is 0.0824. The second kappa shape index (κ2) is 7.43. The van der Waals surface area contributed by atoms with Crippen LogP contribution in [-0.4, -0.2) is 31.8 Å². The van der Waals surface area contributed by atoms with E-state index in [0.717, 1.165) is 6.42 Å². The molecule has 0 fully saturated rings. The van der Waals surface area contributed by atoms with Gasteiger partial charge >= 0.3 is 0 Å². The lowest BCUT2D eigenvalue weighted by Gasteiger charge is -2.15. The zero-order valence-electron chi connectivity index (χ0n) is 12.0. The number of hydrogen-bond acceptors (Lipinski definition) is 4. The van der Waals surface area contributed by atoms with Gasteiger partial charge < -0.3 is 9.88 Å². The molecule has 1 heterocycles. The van der Waals surface area contributed by atoms with E-state index < -0.39 is 10.8 Å². The summed E-state index contributed by atoms with van der Waals surface area (Å²) in [5.74, 6) is 1.41. The van der Waals surface area contributed by atoms with E-state index in [2.05, 4.69) is 24.1 Å². The maximum atomic E-state index is 12.2. The van der Waals surface area contributed by atoms with Gasteiger partial charge in [-0.3, -0.25) is 9.00 Å². The first-order chi connectivity index (χ1) is 8.90. The molecule has 1 aromatic rings. The first kappa shape index (κ1) is 15.9. The summed E-state index contributed by atoms with van der Waals surface area (Å²) in [6, 6.07) is 0.0824. The molecule has 108 valence electrons. The molecule has 0 spiro atoms. The average molecular weight is 285 g/mol. The van der Waals surface area contributed by atoms with E-state index in [1.54, 1.807) is 23.2 Å². The van der Waals surface area contributed by atoms with Gasteiger partial charge in [0.15, 0.2) is 5.82 Å². The van der Waals surface area contributed by atoms with Gasteiger partial charge in [0.1, 0.15) is 0 Å². The average Bonchev–Trinajstić information content (AvgIpc) is 2.31. The molecule has 5 nitrogen and oxygen atoms in total. The predicted molar refractivity (Wildman–Crippen MR) is 80.0 cm³/mol. The summed E-state index contributed by atoms with van der Waals surface area (Å²) in [5.41, 5.74) is -0.0966. The third-order valence-electron chi connectivity index (χ3n) is 2.70. The van der Waals surface area contributed by atoms with Gasteiger partial charge in [-0.1, -0.05) is 13.8 Å². The van der Waals surface area contributed by atoms with Crippen LogP contribution < -0.4 is 10.9 Å². The molecule has 1 rings (SSSR count). The summed E-state index contributed by atoms with van der Waals surface area (Å²) in [4.78, 5) is 16.2. The van der Waals surface area contributed by atoms with Crippen LogP contribution >= 0.6 is 0 Å². The Labute approximate surface area is 116 Å². The van der Waals surface area contributed by atoms with Crippen molar-refractivity contribution in [3.8, 4) is 0 Å². The summed E-state index contributed by atoms with van der Waals surface area (Å²) >= 11 is 0. The Balaban J connectivity index is 2.73. The molecule has 2 unspecified atom stereocenters. The number of rotatable bonds is 7. The van der Waals surface area contributed by atoms with E-state index in [-0.39, 0.29) is 11.6 Å². The van der Waals surface area contributed by atoms with Gasteiger partial charge in [0.2, 0.25) is 0 Å². The van der Waals surface area contributed by atoms with Gasteiger partial charge in [0, 0.05) is 47.8 Å². The maximum Gasteiger partial charge on any atom is 0.293 e. The van der Waals surface area contributed by atoms with Crippen LogP contribution in [0.2, 0.25) is 0 Å². The molecule has 6 heteroatoms. The molecule has 2 atom stereocenters. The van der Waals surface area contributed by atoms with Gasteiger partial charge in [-0.05, 0) is 19.3 Å². The highest BCUT2D eigenvalue weighted by atomic mass is 32.2. The molecule has 0 amide bonds. The van der Waals surface area contributed by atoms with Crippen LogP contribution in [0.15, 0.2) is 17.2 Å². The van der Waals surface area contributed by atoms with Crippen LogP contribution in [0.5, 0.6) is 0 Å². The summed E-state index contributed by atoms with van der Waals surface area (Å²) in [6.45, 7) is 6.79. The van der Waals surface area contributed by atoms with Crippen LogP contribution in [-0.2, 0) is 17.3 Å². The third-order valence-corrected chi connectivity index (χ3v) is 3.51. The zero-order valence-corrected chi connectivity index (χ0v) is 12.9. The van der Waals surface area contributed by atoms with E-state index in [0.29, 0.717) is 24.0 Å². The van der Waals surface area contributed by atoms with Crippen molar-refractivity contribution in [3.05, 3.63) is 22.7 Å². The first-order valence-electron chi connectivity index (χ1n) is 6.52. The Kier molecular flexibility index (Phi) is 6.21. The summed E-state index contributed by atoms with van der Waals surface area (Å²) in [5, 5.41) is 3.10. The fourth-order valence-corrected chi connectivity index (χ4v) is 2.42. The van der Waals surface area contributed by atoms with Gasteiger partial charge in [-0.25, -0.2) is 4.98 Å². The van der Waals surface area contributed by atoms with E-state index in [9.17, 15) is 9.00 Å². The lowest BCUT2D eigenvalue weighted by molar-refractivity contribution is 0.509. The van der Waals surface area contributed by atoms with Crippen molar-refractivity contribution in [2.24, 2.45) is 5.92 Å². The fraction of sp³-hybridized carbons (Fsp3) is 0.692. The van der Waals surface area contributed by atoms with Gasteiger partial charge in [0.05, 0.1) is 0 Å². The number of aromatic nitrogens is 2. The zero-order chi connectivity index (χ0) is 14.4. The second-order valence-electron chi connectivity index (χ2n) is 5.24. The van der Waals surface area contributed by atoms with Crippen LogP contribution in [0, 0.1) is 5.92 Å². The van der Waals surface area contributed by atoms with E-state index >= 15 is 0 Å². The molecular formula is C13H23N3O2S. The van der Waals surface area contributed by atoms with Gasteiger partial charge in [-0.2, -0.15) is 0 Å². The van der Waals surface area contributed by atoms with Crippen molar-refractivity contribution < 1.29 is 4.21 Å². The molecule has 0 bridgehead atoms. The highest BCUT2D eigenvalue weighted by Gasteiger charge is 2.09. The number of nitrogens with zero attached hydrogens (tertiary/aromatic N) is 2. The van der Waals surface area contributed by atoms with Crippen molar-refractivity contribution in [2.45, 2.75) is 39.8 Å². The molecule has 0 aliphatic heterocycles. The highest BCUT2D eigenvalue weighted by Crippen LogP contribution is 2.03. The highest BCUT2D eigenvalue weighted by molar-refractivity contribution is 7.84. The largest absolute Gasteiger partial charge is 0.363 e. The van der Waals surface area contributed by atoms with Crippen LogP contribution in [0.1, 0.15) is 27.2 Å². The van der Waals surface area contributed by atoms with Crippen LogP contribution in [0.4, 0.5) is 5.82 Å². The van der Waals surface area contributed by atoms with Gasteiger partial charge in [0.25, 0.3) is 5.56 Å². The van der Waals surface area contributed by atoms with E-state index in [1.165, 1.54) is 0 Å². The normalized spacial score (nSPS) is 14.4. The number of anilines is 1. The summed E-state index contributed by atoms with van der Waals surface area (Å²) < 4.78 is 12.7. The second-order valence-corrected chi connectivity index (χ2v) is 6.79. The Hall–Kier alpha value is -1.17. The van der Waals surface area contributed by atoms with Crippen LogP contribution in [0.3, 0.4) is 0 Å². The molecule has 0 saturated carbocycles. The smallest absolute Gasteiger partial charge is 0.293 e. The van der Waals surface area contributed by atoms with Crippen molar-refractivity contribution in [1.82, 2.24) is 9.55 Å². The van der Waals surface area contributed by atoms with E-state index in [4.69, 9.17) is 0 Å². The third kappa shape index (κ3) is 5.55. The molecule has 1 N–H and O–H groups in total. The van der Waals surface area contributed by atoms with Crippen molar-refractivity contribution in [3.63, 3.8) is 0 Å². The molecule has 1 aromatic heterocycles. The maximum absolute atomic E-state index is 12.2. The molecular weight excluding hydrogens is 262 g/mol. The standard InChI is InChI=1S/C13H23N3O2S/c1-10(2)9-16-7-6-14-12(13(16)17)15-11(3)5-8-19(4)18/h6-7,10-11H,5,8-9H2,1-4H3,(H,14,15). The predicted octanol–water partition coefficient (Wildman–Crippen LogP) is 1.47. The van der Waals surface area contributed by atoms with Crippen molar-refractivity contribution in [2.75, 3.05) is 17.3 Å². The fourth-order valence-electron chi connectivity index (χ4n) is 1.73. The molecule has 19 heavy (non-hydrogen) atoms. The number of hydrogen-bond donors (Lipinski definition) is 1. The first-order valence-corrected chi connectivity index (χ1v) is 8.25. The minimum Gasteiger partial charge on any atom is -0.363 e. The van der Waals surface area contributed by atoms with Crippen molar-refractivity contribution in [1.29, 1.82) is 0 Å². The molecule has 0 saturated heterocycles. The lowest BCUT2D eigenvalue weighted by Crippen LogP contribution is -2.29. The Morgan fingerprint density at radius 3 is 2.68 bits per heavy atom. The SMILES string of the molecule is CC(C)Cn1ccnc(NC(C)CCS(C)=O)c1=O. The van der Waals surface area contributed by atoms with Crippen LogP contribution in [0.25, 0.3) is 0 Å². The topological polar surface area (TPSA) is 64.0 Å². The molecule has 0 aliphatic rings.